The number of piperidine rings is 2. The first-order valence-electron chi connectivity index (χ1n) is 13.7. The Balaban J connectivity index is 0.964. The van der Waals surface area contributed by atoms with E-state index in [2.05, 4.69) is 40.5 Å². The van der Waals surface area contributed by atoms with Crippen LogP contribution in [0.3, 0.4) is 0 Å². The molecule has 0 radical (unpaired) electrons. The molecule has 0 unspecified atom stereocenters. The van der Waals surface area contributed by atoms with Crippen LogP contribution in [0.2, 0.25) is 0 Å². The van der Waals surface area contributed by atoms with Gasteiger partial charge >= 0.3 is 6.03 Å². The number of pyridine rings is 2. The first kappa shape index (κ1) is 25.6. The van der Waals surface area contributed by atoms with E-state index in [1.54, 1.807) is 37.2 Å². The summed E-state index contributed by atoms with van der Waals surface area (Å²) in [4.78, 5) is 43.6. The average molecular weight is 537 g/mol. The lowest BCUT2D eigenvalue weighted by Gasteiger charge is -2.39. The lowest BCUT2D eigenvalue weighted by molar-refractivity contribution is 0.131. The smallest absolute Gasteiger partial charge is 0.320 e. The SMILES string of the molecule is O=C(N1CCC(Nc2nccc(-c3cccnc3)n2)CC1)N1CCC(Nc2nccc(-c3cccnc3)n2)CC1. The lowest BCUT2D eigenvalue weighted by Crippen LogP contribution is -2.51. The van der Waals surface area contributed by atoms with Gasteiger partial charge in [-0.2, -0.15) is 0 Å². The molecule has 2 fully saturated rings. The van der Waals surface area contributed by atoms with Gasteiger partial charge in [0.1, 0.15) is 0 Å². The number of urea groups is 1. The summed E-state index contributed by atoms with van der Waals surface area (Å²) in [5.41, 5.74) is 3.59. The fraction of sp³-hybridized carbons (Fsp3) is 0.345. The summed E-state index contributed by atoms with van der Waals surface area (Å²) in [7, 11) is 0. The standard InChI is InChI=1S/C29H32N10O/c40-29(38-15-7-23(8-16-38)34-27-32-13-5-25(36-27)21-3-1-11-30-19-21)39-17-9-24(10-18-39)35-28-33-14-6-26(37-28)22-4-2-12-31-20-22/h1-6,11-14,19-20,23-24H,7-10,15-18H2,(H,32,34,36)(H,33,35,37). The van der Waals surface area contributed by atoms with Crippen LogP contribution in [0.4, 0.5) is 16.7 Å². The van der Waals surface area contributed by atoms with Gasteiger partial charge in [0.2, 0.25) is 11.9 Å². The van der Waals surface area contributed by atoms with Crippen LogP contribution in [-0.2, 0) is 0 Å². The number of carbonyl (C=O) groups excluding carboxylic acids is 1. The number of nitrogens with one attached hydrogen (secondary N) is 2. The maximum Gasteiger partial charge on any atom is 0.320 e. The van der Waals surface area contributed by atoms with Crippen molar-refractivity contribution < 1.29 is 4.79 Å². The number of hydrogen-bond donors (Lipinski definition) is 2. The highest BCUT2D eigenvalue weighted by atomic mass is 16.2. The maximum absolute atomic E-state index is 13.2. The van der Waals surface area contributed by atoms with Crippen molar-refractivity contribution >= 4 is 17.9 Å². The highest BCUT2D eigenvalue weighted by molar-refractivity contribution is 5.74. The van der Waals surface area contributed by atoms with Crippen molar-refractivity contribution in [3.63, 3.8) is 0 Å². The molecule has 40 heavy (non-hydrogen) atoms. The summed E-state index contributed by atoms with van der Waals surface area (Å²) >= 11 is 0. The predicted octanol–water partition coefficient (Wildman–Crippen LogP) is 3.96. The van der Waals surface area contributed by atoms with Crippen molar-refractivity contribution in [1.82, 2.24) is 39.7 Å². The van der Waals surface area contributed by atoms with Crippen LogP contribution in [0.1, 0.15) is 25.7 Å². The van der Waals surface area contributed by atoms with Crippen molar-refractivity contribution in [3.05, 3.63) is 73.6 Å². The van der Waals surface area contributed by atoms with Crippen LogP contribution in [-0.4, -0.2) is 84.0 Å². The molecule has 204 valence electrons. The molecule has 6 rings (SSSR count). The molecule has 2 N–H and O–H groups in total. The van der Waals surface area contributed by atoms with Gasteiger partial charge in [-0.1, -0.05) is 0 Å². The molecule has 2 amide bonds. The summed E-state index contributed by atoms with van der Waals surface area (Å²) in [6, 6.07) is 12.1. The first-order chi connectivity index (χ1) is 19.7. The lowest BCUT2D eigenvalue weighted by atomic mass is 10.0. The molecule has 2 saturated heterocycles. The number of rotatable bonds is 6. The van der Waals surface area contributed by atoms with Gasteiger partial charge in [-0.05, 0) is 62.1 Å². The summed E-state index contributed by atoms with van der Waals surface area (Å²) < 4.78 is 0. The van der Waals surface area contributed by atoms with Crippen LogP contribution in [0, 0.1) is 0 Å². The predicted molar refractivity (Wildman–Crippen MR) is 152 cm³/mol. The van der Waals surface area contributed by atoms with Gasteiger partial charge in [-0.15, -0.1) is 0 Å². The zero-order valence-electron chi connectivity index (χ0n) is 22.2. The van der Waals surface area contributed by atoms with Gasteiger partial charge in [0.15, 0.2) is 0 Å². The van der Waals surface area contributed by atoms with Crippen LogP contribution < -0.4 is 10.6 Å². The number of anilines is 2. The van der Waals surface area contributed by atoms with Gasteiger partial charge in [0.05, 0.1) is 11.4 Å². The molecule has 2 aliphatic heterocycles. The Hall–Kier alpha value is -4.67. The number of likely N-dealkylation sites (tertiary alicyclic amines) is 2. The minimum Gasteiger partial charge on any atom is -0.351 e. The Labute approximate surface area is 233 Å². The second-order valence-electron chi connectivity index (χ2n) is 10.1. The van der Waals surface area contributed by atoms with Crippen LogP contribution in [0.15, 0.2) is 73.6 Å². The second-order valence-corrected chi connectivity index (χ2v) is 10.1. The first-order valence-corrected chi connectivity index (χ1v) is 13.7. The maximum atomic E-state index is 13.2. The number of amides is 2. The zero-order valence-corrected chi connectivity index (χ0v) is 22.2. The normalized spacial score (nSPS) is 16.5. The van der Waals surface area contributed by atoms with E-state index in [1.165, 1.54) is 0 Å². The van der Waals surface area contributed by atoms with E-state index in [1.807, 2.05) is 46.2 Å². The fourth-order valence-corrected chi connectivity index (χ4v) is 5.20. The van der Waals surface area contributed by atoms with Crippen molar-refractivity contribution in [2.45, 2.75) is 37.8 Å². The van der Waals surface area contributed by atoms with Gasteiger partial charge in [0, 0.05) is 86.6 Å². The minimum atomic E-state index is 0.126. The summed E-state index contributed by atoms with van der Waals surface area (Å²) in [5.74, 6) is 1.21. The summed E-state index contributed by atoms with van der Waals surface area (Å²) in [6.07, 6.45) is 14.0. The zero-order chi connectivity index (χ0) is 27.1. The molecule has 0 atom stereocenters. The molecule has 4 aromatic rings. The molecule has 0 spiro atoms. The average Bonchev–Trinajstić information content (AvgIpc) is 3.03. The van der Waals surface area contributed by atoms with E-state index in [-0.39, 0.29) is 18.1 Å². The Kier molecular flexibility index (Phi) is 7.69. The van der Waals surface area contributed by atoms with Crippen molar-refractivity contribution in [2.75, 3.05) is 36.8 Å². The van der Waals surface area contributed by atoms with E-state index in [0.717, 1.165) is 48.2 Å². The Morgan fingerprint density at radius 3 is 1.50 bits per heavy atom. The Morgan fingerprint density at radius 2 is 1.10 bits per heavy atom. The minimum absolute atomic E-state index is 0.126. The van der Waals surface area contributed by atoms with Crippen LogP contribution in [0.5, 0.6) is 0 Å². The quantitative estimate of drug-likeness (QED) is 0.377. The molecule has 0 aliphatic carbocycles. The van der Waals surface area contributed by atoms with Crippen molar-refractivity contribution in [3.8, 4) is 22.5 Å². The monoisotopic (exact) mass is 536 g/mol. The number of nitrogens with zero attached hydrogens (tertiary/aromatic N) is 8. The number of hydrogen-bond acceptors (Lipinski definition) is 9. The molecule has 11 heteroatoms. The molecular weight excluding hydrogens is 504 g/mol. The second kappa shape index (κ2) is 12.0. The van der Waals surface area contributed by atoms with E-state index in [0.29, 0.717) is 38.1 Å². The van der Waals surface area contributed by atoms with Gasteiger partial charge in [-0.25, -0.2) is 24.7 Å². The highest BCUT2D eigenvalue weighted by Crippen LogP contribution is 2.22. The van der Waals surface area contributed by atoms with Crippen LogP contribution in [0.25, 0.3) is 22.5 Å². The van der Waals surface area contributed by atoms with E-state index in [4.69, 9.17) is 0 Å². The molecule has 11 nitrogen and oxygen atoms in total. The number of aromatic nitrogens is 6. The molecule has 2 aliphatic rings. The Bertz CT molecular complexity index is 1300. The molecule has 0 aromatic carbocycles. The van der Waals surface area contributed by atoms with E-state index < -0.39 is 0 Å². The number of carbonyl (C=O) groups is 1. The van der Waals surface area contributed by atoms with Crippen molar-refractivity contribution in [1.29, 1.82) is 0 Å². The summed E-state index contributed by atoms with van der Waals surface area (Å²) in [6.45, 7) is 2.86. The van der Waals surface area contributed by atoms with Gasteiger partial charge in [-0.3, -0.25) is 9.97 Å². The topological polar surface area (TPSA) is 125 Å². The molecule has 0 saturated carbocycles. The third-order valence-corrected chi connectivity index (χ3v) is 7.42. The molecule has 6 heterocycles. The van der Waals surface area contributed by atoms with E-state index in [9.17, 15) is 4.79 Å². The van der Waals surface area contributed by atoms with Crippen molar-refractivity contribution in [2.24, 2.45) is 0 Å². The third-order valence-electron chi connectivity index (χ3n) is 7.42. The van der Waals surface area contributed by atoms with Crippen LogP contribution >= 0.6 is 0 Å². The molecule has 4 aromatic heterocycles. The summed E-state index contributed by atoms with van der Waals surface area (Å²) in [5, 5.41) is 6.91. The largest absolute Gasteiger partial charge is 0.351 e. The third kappa shape index (κ3) is 6.14. The molecule has 0 bridgehead atoms. The molecular formula is C29H32N10O. The fourth-order valence-electron chi connectivity index (χ4n) is 5.20. The van der Waals surface area contributed by atoms with E-state index >= 15 is 0 Å². The highest BCUT2D eigenvalue weighted by Gasteiger charge is 2.29. The van der Waals surface area contributed by atoms with Gasteiger partial charge < -0.3 is 20.4 Å². The Morgan fingerprint density at radius 1 is 0.650 bits per heavy atom. The van der Waals surface area contributed by atoms with Gasteiger partial charge in [0.25, 0.3) is 0 Å².